The van der Waals surface area contributed by atoms with E-state index in [0.717, 1.165) is 123 Å². The fraction of sp³-hybridized carbons (Fsp3) is 0.523. The smallest absolute Gasteiger partial charge is 0.312 e. The standard InChI is InChI=1S/2C15H20BrN5O2.C14H17Br2N5O2/c1-9(2)20-12-8-11(16)10(3)14(21(22)23)13(12)18-15(20)19-6-4-17-5-7-19;1-9(2)20-11-8-10(3)12(16)14(21(22)23)13(11)18-15(20)19-6-4-17-5-7-19;1-8(2)20-10-7-9(15)11(16)13(21(22)23)12(10)18-14(20)19-5-3-17-4-6-19/h2*8-9,17H,4-7H2,1-3H3;7-8,17H,3-6H2,1-2H3. The van der Waals surface area contributed by atoms with Crippen molar-refractivity contribution in [2.75, 3.05) is 93.2 Å². The zero-order chi connectivity index (χ0) is 50.2. The maximum Gasteiger partial charge on any atom is 0.312 e. The summed E-state index contributed by atoms with van der Waals surface area (Å²) >= 11 is 13.5. The number of nitro benzene ring substituents is 3. The van der Waals surface area contributed by atoms with Crippen molar-refractivity contribution < 1.29 is 14.8 Å². The van der Waals surface area contributed by atoms with E-state index in [4.69, 9.17) is 0 Å². The monoisotopic (exact) mass is 1210 g/mol. The molecule has 0 bridgehead atoms. The number of nitro groups is 3. The van der Waals surface area contributed by atoms with Gasteiger partial charge in [-0.15, -0.1) is 0 Å². The maximum atomic E-state index is 11.6. The number of benzene rings is 3. The summed E-state index contributed by atoms with van der Waals surface area (Å²) in [5.41, 5.74) is 5.35. The highest BCUT2D eigenvalue weighted by Gasteiger charge is 2.32. The molecule has 9 rings (SSSR count). The van der Waals surface area contributed by atoms with Crippen LogP contribution in [-0.4, -0.2) is 122 Å². The third kappa shape index (κ3) is 10.5. The number of hydrogen-bond acceptors (Lipinski definition) is 15. The molecule has 25 heteroatoms. The predicted molar refractivity (Wildman–Crippen MR) is 286 cm³/mol. The molecule has 6 aromatic rings. The normalized spacial score (nSPS) is 15.6. The molecule has 0 atom stereocenters. The first-order valence-electron chi connectivity index (χ1n) is 22.9. The summed E-state index contributed by atoms with van der Waals surface area (Å²) < 4.78 is 8.61. The number of imidazole rings is 3. The van der Waals surface area contributed by atoms with Crippen molar-refractivity contribution in [2.45, 2.75) is 73.5 Å². The van der Waals surface area contributed by atoms with Crippen molar-refractivity contribution in [2.24, 2.45) is 0 Å². The molecule has 3 aliphatic heterocycles. The van der Waals surface area contributed by atoms with Gasteiger partial charge >= 0.3 is 17.1 Å². The summed E-state index contributed by atoms with van der Waals surface area (Å²) in [5.74, 6) is 2.43. The minimum atomic E-state index is -0.379. The Morgan fingerprint density at radius 2 is 0.797 bits per heavy atom. The van der Waals surface area contributed by atoms with Crippen LogP contribution in [0.3, 0.4) is 0 Å². The van der Waals surface area contributed by atoms with Gasteiger partial charge < -0.3 is 44.4 Å². The molecule has 0 aliphatic carbocycles. The predicted octanol–water partition coefficient (Wildman–Crippen LogP) is 9.47. The van der Waals surface area contributed by atoms with E-state index in [0.29, 0.717) is 35.5 Å². The fourth-order valence-corrected chi connectivity index (χ4v) is 10.8. The van der Waals surface area contributed by atoms with Gasteiger partial charge in [0, 0.05) is 111 Å². The Kier molecular flexibility index (Phi) is 16.6. The molecule has 6 heterocycles. The van der Waals surface area contributed by atoms with Gasteiger partial charge in [0.25, 0.3) is 0 Å². The quantitative estimate of drug-likeness (QED) is 0.0904. The second kappa shape index (κ2) is 21.9. The molecule has 0 saturated carbocycles. The molecule has 3 N–H and O–H groups in total. The first-order valence-corrected chi connectivity index (χ1v) is 26.0. The van der Waals surface area contributed by atoms with Crippen molar-refractivity contribution in [3.05, 3.63) is 77.6 Å². The number of aryl methyl sites for hydroxylation is 1. The van der Waals surface area contributed by atoms with E-state index in [2.05, 4.69) is 165 Å². The molecule has 0 amide bonds. The van der Waals surface area contributed by atoms with Gasteiger partial charge in [0.15, 0.2) is 16.6 Å². The number of hydrogen-bond donors (Lipinski definition) is 3. The van der Waals surface area contributed by atoms with E-state index >= 15 is 0 Å². The molecule has 21 nitrogen and oxygen atoms in total. The van der Waals surface area contributed by atoms with Crippen LogP contribution in [0.4, 0.5) is 34.9 Å². The van der Waals surface area contributed by atoms with Crippen molar-refractivity contribution >= 4 is 132 Å². The van der Waals surface area contributed by atoms with Gasteiger partial charge in [-0.1, -0.05) is 15.9 Å². The summed E-state index contributed by atoms with van der Waals surface area (Å²) in [4.78, 5) is 54.2. The van der Waals surface area contributed by atoms with Gasteiger partial charge in [-0.25, -0.2) is 15.0 Å². The molecule has 3 aromatic heterocycles. The van der Waals surface area contributed by atoms with E-state index in [-0.39, 0.29) is 50.0 Å². The molecule has 3 aliphatic rings. The second-order valence-corrected chi connectivity index (χ2v) is 21.2. The fourth-order valence-electron chi connectivity index (χ4n) is 9.06. The van der Waals surface area contributed by atoms with Gasteiger partial charge in [-0.3, -0.25) is 30.3 Å². The van der Waals surface area contributed by atoms with Crippen molar-refractivity contribution in [1.29, 1.82) is 0 Å². The van der Waals surface area contributed by atoms with Crippen LogP contribution in [0.5, 0.6) is 0 Å². The SMILES string of the molecule is CC(C)n1c(N2CCNCC2)nc2c([N+](=O)[O-])c(Br)c(Br)cc21.Cc1c(Br)cc2c(nc(N3CCNCC3)n2C(C)C)c1[N+](=O)[O-].Cc1cc2c(nc(N3CCNCC3)n2C(C)C)c([N+](=O)[O-])c1Br. The minimum absolute atomic E-state index is 0.00478. The van der Waals surface area contributed by atoms with Gasteiger partial charge in [0.05, 0.1) is 31.3 Å². The highest BCUT2D eigenvalue weighted by atomic mass is 79.9. The van der Waals surface area contributed by atoms with E-state index in [1.807, 2.05) is 25.1 Å². The first-order chi connectivity index (χ1) is 32.7. The van der Waals surface area contributed by atoms with Gasteiger partial charge in [0.2, 0.25) is 17.8 Å². The Labute approximate surface area is 432 Å². The molecule has 372 valence electrons. The molecule has 0 unspecified atom stereocenters. The lowest BCUT2D eigenvalue weighted by atomic mass is 10.1. The molecular formula is C44H57Br4N15O6. The number of fused-ring (bicyclic) bond motifs is 3. The van der Waals surface area contributed by atoms with Crippen LogP contribution in [0.25, 0.3) is 33.1 Å². The molecule has 0 radical (unpaired) electrons. The molecule has 3 saturated heterocycles. The number of anilines is 3. The number of piperazine rings is 3. The van der Waals surface area contributed by atoms with Crippen LogP contribution in [0.15, 0.2) is 36.1 Å². The van der Waals surface area contributed by atoms with Crippen LogP contribution in [0.2, 0.25) is 0 Å². The number of halogens is 4. The Hall–Kier alpha value is -4.53. The average molecular weight is 1210 g/mol. The summed E-state index contributed by atoms with van der Waals surface area (Å²) in [7, 11) is 0. The Morgan fingerprint density at radius 3 is 1.13 bits per heavy atom. The largest absolute Gasteiger partial charge is 0.340 e. The van der Waals surface area contributed by atoms with Crippen LogP contribution >= 0.6 is 63.7 Å². The summed E-state index contributed by atoms with van der Waals surface area (Å²) in [5, 5.41) is 44.6. The number of nitrogens with one attached hydrogen (secondary N) is 3. The maximum absolute atomic E-state index is 11.6. The van der Waals surface area contributed by atoms with E-state index in [9.17, 15) is 30.3 Å². The average Bonchev–Trinajstić information content (AvgIpc) is 4.00. The van der Waals surface area contributed by atoms with E-state index in [1.165, 1.54) is 0 Å². The highest BCUT2D eigenvalue weighted by molar-refractivity contribution is 9.13. The topological polar surface area (TPSA) is 229 Å². The van der Waals surface area contributed by atoms with Crippen LogP contribution in [0.1, 0.15) is 70.8 Å². The third-order valence-electron chi connectivity index (χ3n) is 12.3. The van der Waals surface area contributed by atoms with E-state index < -0.39 is 0 Å². The van der Waals surface area contributed by atoms with Crippen molar-refractivity contribution in [3.8, 4) is 0 Å². The van der Waals surface area contributed by atoms with Crippen LogP contribution in [-0.2, 0) is 0 Å². The lowest BCUT2D eigenvalue weighted by Gasteiger charge is -2.29. The zero-order valence-corrected chi connectivity index (χ0v) is 46.1. The second-order valence-electron chi connectivity index (χ2n) is 17.9. The van der Waals surface area contributed by atoms with Gasteiger partial charge in [0.1, 0.15) is 8.95 Å². The molecule has 3 fully saturated rings. The number of aromatic nitrogens is 6. The van der Waals surface area contributed by atoms with Crippen molar-refractivity contribution in [1.82, 2.24) is 44.6 Å². The summed E-state index contributed by atoms with van der Waals surface area (Å²) in [6, 6.07) is 6.30. The Balaban J connectivity index is 0.000000153. The third-order valence-corrected chi connectivity index (χ3v) is 16.1. The molecule has 0 spiro atoms. The minimum Gasteiger partial charge on any atom is -0.340 e. The van der Waals surface area contributed by atoms with Gasteiger partial charge in [-0.2, -0.15) is 0 Å². The first kappa shape index (κ1) is 52.3. The molecule has 69 heavy (non-hydrogen) atoms. The Morgan fingerprint density at radius 1 is 0.493 bits per heavy atom. The number of rotatable bonds is 9. The number of nitrogens with zero attached hydrogens (tertiary/aromatic N) is 12. The van der Waals surface area contributed by atoms with Crippen LogP contribution < -0.4 is 30.7 Å². The lowest BCUT2D eigenvalue weighted by Crippen LogP contribution is -2.44. The summed E-state index contributed by atoms with van der Waals surface area (Å²) in [6.07, 6.45) is 0. The highest BCUT2D eigenvalue weighted by Crippen LogP contribution is 2.43. The lowest BCUT2D eigenvalue weighted by molar-refractivity contribution is -0.384. The molecule has 3 aromatic carbocycles. The van der Waals surface area contributed by atoms with Crippen LogP contribution in [0, 0.1) is 44.2 Å². The zero-order valence-electron chi connectivity index (χ0n) is 39.8. The summed E-state index contributed by atoms with van der Waals surface area (Å²) in [6.45, 7) is 26.5. The van der Waals surface area contributed by atoms with E-state index in [1.54, 1.807) is 6.92 Å². The van der Waals surface area contributed by atoms with Gasteiger partial charge in [-0.05, 0) is 127 Å². The Bertz CT molecular complexity index is 2610. The van der Waals surface area contributed by atoms with Crippen molar-refractivity contribution in [3.63, 3.8) is 0 Å². The molecular weight excluding hydrogens is 1150 g/mol.